The summed E-state index contributed by atoms with van der Waals surface area (Å²) in [5.74, 6) is -0.717. The predicted molar refractivity (Wildman–Crippen MR) is 119 cm³/mol. The van der Waals surface area contributed by atoms with Crippen molar-refractivity contribution in [3.63, 3.8) is 0 Å². The van der Waals surface area contributed by atoms with Crippen LogP contribution in [0.3, 0.4) is 0 Å². The highest BCUT2D eigenvalue weighted by Gasteiger charge is 2.24. The Morgan fingerprint density at radius 3 is 2.42 bits per heavy atom. The normalized spacial score (nSPS) is 12.4. The molecule has 1 amide bonds. The Hall–Kier alpha value is -3.31. The molecule has 3 aromatic carbocycles. The Morgan fingerprint density at radius 1 is 0.871 bits per heavy atom. The Kier molecular flexibility index (Phi) is 6.53. The number of esters is 1. The third-order valence-electron chi connectivity index (χ3n) is 5.26. The molecule has 0 aromatic heterocycles. The maximum Gasteiger partial charge on any atom is 0.408 e. The summed E-state index contributed by atoms with van der Waals surface area (Å²) in [6.07, 6.45) is 0.0957. The smallest absolute Gasteiger partial charge is 0.408 e. The molecule has 0 heterocycles. The highest BCUT2D eigenvalue weighted by molar-refractivity contribution is 6.19. The lowest BCUT2D eigenvalue weighted by Crippen LogP contribution is -2.43. The fourth-order valence-corrected chi connectivity index (χ4v) is 3.88. The molecule has 0 aliphatic heterocycles. The van der Waals surface area contributed by atoms with E-state index in [0.717, 1.165) is 23.1 Å². The topological polar surface area (TPSA) is 64.6 Å². The lowest BCUT2D eigenvalue weighted by atomic mass is 10.0. The number of hydrogen-bond donors (Lipinski definition) is 1. The summed E-state index contributed by atoms with van der Waals surface area (Å²) in [7, 11) is 0. The Morgan fingerprint density at radius 2 is 1.61 bits per heavy atom. The molecule has 0 saturated heterocycles. The third kappa shape index (κ3) is 4.89. The number of carbonyl (C=O) groups is 2. The molecular weight excluding hydrogens is 414 g/mol. The molecule has 0 fully saturated rings. The number of hydrogen-bond acceptors (Lipinski definition) is 4. The van der Waals surface area contributed by atoms with Crippen LogP contribution in [-0.2, 0) is 33.9 Å². The first-order chi connectivity index (χ1) is 15.2. The molecular formula is C25H22ClNO4. The standard InChI is InChI=1S/C25H22ClNO4/c26-14-23(24(28)30-15-17-7-2-1-3-8-17)27-25(29)31-16-19-10-6-12-21-20-11-5-4-9-18(20)13-22(19)21/h1-12,23H,13-16H2,(H,27,29). The first-order valence-electron chi connectivity index (χ1n) is 10.0. The molecule has 158 valence electrons. The van der Waals surface area contributed by atoms with Gasteiger partial charge in [-0.25, -0.2) is 9.59 Å². The van der Waals surface area contributed by atoms with Crippen LogP contribution in [0, 0.1) is 0 Å². The fraction of sp³-hybridized carbons (Fsp3) is 0.200. The van der Waals surface area contributed by atoms with Crippen LogP contribution in [0.2, 0.25) is 0 Å². The number of fused-ring (bicyclic) bond motifs is 3. The largest absolute Gasteiger partial charge is 0.459 e. The van der Waals surface area contributed by atoms with Crippen molar-refractivity contribution in [1.82, 2.24) is 5.32 Å². The van der Waals surface area contributed by atoms with Crippen LogP contribution in [-0.4, -0.2) is 24.0 Å². The summed E-state index contributed by atoms with van der Waals surface area (Å²) in [5.41, 5.74) is 6.60. The van der Waals surface area contributed by atoms with Gasteiger partial charge in [0, 0.05) is 0 Å². The van der Waals surface area contributed by atoms with Gasteiger partial charge in [-0.2, -0.15) is 0 Å². The molecule has 3 aromatic rings. The van der Waals surface area contributed by atoms with Gasteiger partial charge in [-0.1, -0.05) is 72.8 Å². The van der Waals surface area contributed by atoms with Gasteiger partial charge in [0.2, 0.25) is 0 Å². The van der Waals surface area contributed by atoms with Gasteiger partial charge < -0.3 is 14.8 Å². The third-order valence-corrected chi connectivity index (χ3v) is 5.57. The van der Waals surface area contributed by atoms with Crippen molar-refractivity contribution in [2.24, 2.45) is 0 Å². The van der Waals surface area contributed by atoms with Crippen LogP contribution >= 0.6 is 11.6 Å². The molecule has 1 unspecified atom stereocenters. The van der Waals surface area contributed by atoms with Crippen molar-refractivity contribution < 1.29 is 19.1 Å². The van der Waals surface area contributed by atoms with Gasteiger partial charge in [0.1, 0.15) is 19.3 Å². The van der Waals surface area contributed by atoms with E-state index in [9.17, 15) is 9.59 Å². The van der Waals surface area contributed by atoms with Crippen molar-refractivity contribution in [1.29, 1.82) is 0 Å². The zero-order valence-corrected chi connectivity index (χ0v) is 17.6. The van der Waals surface area contributed by atoms with E-state index in [0.29, 0.717) is 0 Å². The number of alkyl carbamates (subject to hydrolysis) is 1. The van der Waals surface area contributed by atoms with Gasteiger partial charge >= 0.3 is 12.1 Å². The number of benzene rings is 3. The van der Waals surface area contributed by atoms with E-state index in [2.05, 4.69) is 23.5 Å². The molecule has 1 atom stereocenters. The Labute approximate surface area is 185 Å². The number of amides is 1. The second-order valence-corrected chi connectivity index (χ2v) is 7.61. The average molecular weight is 436 g/mol. The molecule has 0 saturated carbocycles. The minimum Gasteiger partial charge on any atom is -0.459 e. The molecule has 0 bridgehead atoms. The molecule has 4 rings (SSSR count). The number of carbonyl (C=O) groups excluding carboxylic acids is 2. The van der Waals surface area contributed by atoms with Crippen molar-refractivity contribution in [3.8, 4) is 11.1 Å². The van der Waals surface area contributed by atoms with Crippen LogP contribution in [0.5, 0.6) is 0 Å². The number of rotatable bonds is 7. The SMILES string of the molecule is O=C(NC(CCl)C(=O)OCc1ccccc1)OCc1cccc2c1Cc1ccccc1-2. The summed E-state index contributed by atoms with van der Waals surface area (Å²) in [4.78, 5) is 24.5. The lowest BCUT2D eigenvalue weighted by Gasteiger charge is -2.16. The molecule has 31 heavy (non-hydrogen) atoms. The van der Waals surface area contributed by atoms with E-state index in [4.69, 9.17) is 21.1 Å². The quantitative estimate of drug-likeness (QED) is 0.333. The maximum atomic E-state index is 12.3. The van der Waals surface area contributed by atoms with E-state index in [1.165, 1.54) is 16.7 Å². The molecule has 1 aliphatic rings. The molecule has 1 aliphatic carbocycles. The van der Waals surface area contributed by atoms with Gasteiger partial charge in [0.25, 0.3) is 0 Å². The van der Waals surface area contributed by atoms with Crippen LogP contribution in [0.1, 0.15) is 22.3 Å². The molecule has 5 nitrogen and oxygen atoms in total. The van der Waals surface area contributed by atoms with E-state index in [-0.39, 0.29) is 19.1 Å². The van der Waals surface area contributed by atoms with Gasteiger partial charge in [-0.05, 0) is 39.8 Å². The summed E-state index contributed by atoms with van der Waals surface area (Å²) in [6, 6.07) is 22.6. The minimum atomic E-state index is -0.983. The first kappa shape index (κ1) is 20.9. The van der Waals surface area contributed by atoms with Crippen LogP contribution in [0.4, 0.5) is 4.79 Å². The van der Waals surface area contributed by atoms with E-state index >= 15 is 0 Å². The number of nitrogens with one attached hydrogen (secondary N) is 1. The summed E-state index contributed by atoms with van der Waals surface area (Å²) >= 11 is 5.86. The molecule has 0 radical (unpaired) electrons. The summed E-state index contributed by atoms with van der Waals surface area (Å²) < 4.78 is 10.6. The van der Waals surface area contributed by atoms with E-state index in [1.54, 1.807) is 0 Å². The predicted octanol–water partition coefficient (Wildman–Crippen LogP) is 4.83. The second-order valence-electron chi connectivity index (χ2n) is 7.30. The van der Waals surface area contributed by atoms with Gasteiger partial charge in [0.15, 0.2) is 0 Å². The minimum absolute atomic E-state index is 0.108. The molecule has 6 heteroatoms. The van der Waals surface area contributed by atoms with E-state index < -0.39 is 18.1 Å². The zero-order valence-electron chi connectivity index (χ0n) is 16.8. The zero-order chi connectivity index (χ0) is 21.6. The second kappa shape index (κ2) is 9.67. The maximum absolute atomic E-state index is 12.3. The van der Waals surface area contributed by atoms with Gasteiger partial charge in [0.05, 0.1) is 5.88 Å². The number of alkyl halides is 1. The van der Waals surface area contributed by atoms with E-state index in [1.807, 2.05) is 54.6 Å². The van der Waals surface area contributed by atoms with Crippen molar-refractivity contribution in [2.45, 2.75) is 25.7 Å². The van der Waals surface area contributed by atoms with Crippen molar-refractivity contribution in [2.75, 3.05) is 5.88 Å². The van der Waals surface area contributed by atoms with Crippen LogP contribution in [0.15, 0.2) is 72.8 Å². The Balaban J connectivity index is 1.32. The lowest BCUT2D eigenvalue weighted by molar-refractivity contribution is -0.146. The summed E-state index contributed by atoms with van der Waals surface area (Å²) in [6.45, 7) is 0.220. The highest BCUT2D eigenvalue weighted by Crippen LogP contribution is 2.38. The first-order valence-corrected chi connectivity index (χ1v) is 10.6. The summed E-state index contributed by atoms with van der Waals surface area (Å²) in [5, 5.41) is 2.49. The van der Waals surface area contributed by atoms with Gasteiger partial charge in [-0.15, -0.1) is 11.6 Å². The van der Waals surface area contributed by atoms with Crippen molar-refractivity contribution >= 4 is 23.7 Å². The monoisotopic (exact) mass is 435 g/mol. The van der Waals surface area contributed by atoms with Crippen molar-refractivity contribution in [3.05, 3.63) is 95.1 Å². The van der Waals surface area contributed by atoms with Crippen LogP contribution in [0.25, 0.3) is 11.1 Å². The molecule has 0 spiro atoms. The molecule has 1 N–H and O–H groups in total. The number of halogens is 1. The average Bonchev–Trinajstić information content (AvgIpc) is 3.19. The fourth-order valence-electron chi connectivity index (χ4n) is 3.68. The van der Waals surface area contributed by atoms with Crippen LogP contribution < -0.4 is 5.32 Å². The Bertz CT molecular complexity index is 1080. The highest BCUT2D eigenvalue weighted by atomic mass is 35.5. The number of ether oxygens (including phenoxy) is 2. The van der Waals surface area contributed by atoms with Gasteiger partial charge in [-0.3, -0.25) is 0 Å².